The summed E-state index contributed by atoms with van der Waals surface area (Å²) in [5.41, 5.74) is 0.420. The average Bonchev–Trinajstić information content (AvgIpc) is 2.39. The van der Waals surface area contributed by atoms with Crippen molar-refractivity contribution in [2.24, 2.45) is 11.3 Å². The summed E-state index contributed by atoms with van der Waals surface area (Å²) in [6, 6.07) is 0. The second-order valence-electron chi connectivity index (χ2n) is 6.90. The van der Waals surface area contributed by atoms with Crippen LogP contribution < -0.4 is 5.32 Å². The average molecular weight is 269 g/mol. The van der Waals surface area contributed by atoms with Crippen LogP contribution in [0.4, 0.5) is 0 Å². The highest BCUT2D eigenvalue weighted by molar-refractivity contribution is 4.82. The Morgan fingerprint density at radius 2 is 1.63 bits per heavy atom. The molecule has 19 heavy (non-hydrogen) atoms. The SMILES string of the molecule is CCN1CCN(CC(C)(CC)CNCC(C)C)CC1. The lowest BCUT2D eigenvalue weighted by Gasteiger charge is -2.40. The van der Waals surface area contributed by atoms with Gasteiger partial charge in [-0.2, -0.15) is 0 Å². The number of rotatable bonds is 8. The van der Waals surface area contributed by atoms with Gasteiger partial charge in [-0.05, 0) is 30.8 Å². The molecule has 0 radical (unpaired) electrons. The zero-order valence-electron chi connectivity index (χ0n) is 13.8. The maximum Gasteiger partial charge on any atom is 0.0110 e. The Labute approximate surface area is 120 Å². The molecule has 0 aliphatic carbocycles. The molecule has 1 atom stereocenters. The zero-order chi connectivity index (χ0) is 14.3. The normalized spacial score (nSPS) is 21.8. The molecule has 0 amide bonds. The molecular formula is C16H35N3. The molecular weight excluding hydrogens is 234 g/mol. The summed E-state index contributed by atoms with van der Waals surface area (Å²) in [6.07, 6.45) is 1.26. The Hall–Kier alpha value is -0.120. The number of nitrogens with zero attached hydrogens (tertiary/aromatic N) is 2. The van der Waals surface area contributed by atoms with Gasteiger partial charge in [-0.15, -0.1) is 0 Å². The number of nitrogens with one attached hydrogen (secondary N) is 1. The third-order valence-electron chi connectivity index (χ3n) is 4.48. The van der Waals surface area contributed by atoms with Crippen molar-refractivity contribution >= 4 is 0 Å². The fraction of sp³-hybridized carbons (Fsp3) is 1.00. The molecule has 1 aliphatic heterocycles. The highest BCUT2D eigenvalue weighted by atomic mass is 15.3. The largest absolute Gasteiger partial charge is 0.316 e. The Morgan fingerprint density at radius 1 is 1.05 bits per heavy atom. The third-order valence-corrected chi connectivity index (χ3v) is 4.48. The van der Waals surface area contributed by atoms with Gasteiger partial charge in [0.25, 0.3) is 0 Å². The van der Waals surface area contributed by atoms with Crippen LogP contribution in [-0.4, -0.2) is 62.2 Å². The van der Waals surface area contributed by atoms with Crippen LogP contribution in [0.15, 0.2) is 0 Å². The van der Waals surface area contributed by atoms with Crippen molar-refractivity contribution in [2.75, 3.05) is 52.4 Å². The third kappa shape index (κ3) is 6.24. The summed E-state index contributed by atoms with van der Waals surface area (Å²) in [6.45, 7) is 21.3. The number of hydrogen-bond donors (Lipinski definition) is 1. The van der Waals surface area contributed by atoms with E-state index in [1.807, 2.05) is 0 Å². The Balaban J connectivity index is 2.34. The van der Waals surface area contributed by atoms with Crippen LogP contribution in [-0.2, 0) is 0 Å². The van der Waals surface area contributed by atoms with E-state index in [9.17, 15) is 0 Å². The Bertz CT molecular complexity index is 234. The summed E-state index contributed by atoms with van der Waals surface area (Å²) in [7, 11) is 0. The molecule has 114 valence electrons. The molecule has 0 aromatic rings. The molecule has 0 spiro atoms. The van der Waals surface area contributed by atoms with E-state index in [-0.39, 0.29) is 0 Å². The van der Waals surface area contributed by atoms with E-state index in [1.165, 1.54) is 45.7 Å². The minimum Gasteiger partial charge on any atom is -0.316 e. The van der Waals surface area contributed by atoms with Gasteiger partial charge in [-0.25, -0.2) is 0 Å². The van der Waals surface area contributed by atoms with Gasteiger partial charge in [0.2, 0.25) is 0 Å². The summed E-state index contributed by atoms with van der Waals surface area (Å²) in [5.74, 6) is 0.745. The van der Waals surface area contributed by atoms with Gasteiger partial charge in [0.15, 0.2) is 0 Å². The first-order valence-electron chi connectivity index (χ1n) is 8.14. The van der Waals surface area contributed by atoms with Gasteiger partial charge < -0.3 is 15.1 Å². The second-order valence-corrected chi connectivity index (χ2v) is 6.90. The molecule has 3 heteroatoms. The predicted molar refractivity (Wildman–Crippen MR) is 84.7 cm³/mol. The van der Waals surface area contributed by atoms with E-state index in [0.717, 1.165) is 19.0 Å². The molecule has 3 nitrogen and oxygen atoms in total. The smallest absolute Gasteiger partial charge is 0.0110 e. The van der Waals surface area contributed by atoms with Gasteiger partial charge in [-0.3, -0.25) is 0 Å². The van der Waals surface area contributed by atoms with Crippen molar-refractivity contribution in [1.29, 1.82) is 0 Å². The van der Waals surface area contributed by atoms with Crippen molar-refractivity contribution in [3.05, 3.63) is 0 Å². The molecule has 1 aliphatic rings. The lowest BCUT2D eigenvalue weighted by Crippen LogP contribution is -2.51. The van der Waals surface area contributed by atoms with Gasteiger partial charge in [0.1, 0.15) is 0 Å². The first-order chi connectivity index (χ1) is 8.99. The highest BCUT2D eigenvalue weighted by Crippen LogP contribution is 2.22. The molecule has 0 saturated carbocycles. The molecule has 1 heterocycles. The Kier molecular flexibility index (Phi) is 7.33. The number of hydrogen-bond acceptors (Lipinski definition) is 3. The summed E-state index contributed by atoms with van der Waals surface area (Å²) >= 11 is 0. The van der Waals surface area contributed by atoms with Gasteiger partial charge >= 0.3 is 0 Å². The molecule has 0 aromatic carbocycles. The Morgan fingerprint density at radius 3 is 2.11 bits per heavy atom. The van der Waals surface area contributed by atoms with Crippen LogP contribution in [0.2, 0.25) is 0 Å². The summed E-state index contributed by atoms with van der Waals surface area (Å²) in [4.78, 5) is 5.21. The van der Waals surface area contributed by atoms with Crippen LogP contribution in [0.5, 0.6) is 0 Å². The van der Waals surface area contributed by atoms with Crippen molar-refractivity contribution in [3.8, 4) is 0 Å². The van der Waals surface area contributed by atoms with Crippen LogP contribution in [0.1, 0.15) is 41.0 Å². The van der Waals surface area contributed by atoms with Crippen LogP contribution in [0, 0.1) is 11.3 Å². The number of likely N-dealkylation sites (N-methyl/N-ethyl adjacent to an activating group) is 1. The van der Waals surface area contributed by atoms with E-state index in [1.54, 1.807) is 0 Å². The fourth-order valence-corrected chi connectivity index (χ4v) is 2.76. The summed E-state index contributed by atoms with van der Waals surface area (Å²) in [5, 5.41) is 3.65. The molecule has 0 aromatic heterocycles. The topological polar surface area (TPSA) is 18.5 Å². The highest BCUT2D eigenvalue weighted by Gasteiger charge is 2.26. The first-order valence-corrected chi connectivity index (χ1v) is 8.14. The fourth-order valence-electron chi connectivity index (χ4n) is 2.76. The van der Waals surface area contributed by atoms with E-state index < -0.39 is 0 Å². The van der Waals surface area contributed by atoms with Crippen molar-refractivity contribution < 1.29 is 0 Å². The molecule has 1 fully saturated rings. The van der Waals surface area contributed by atoms with Crippen molar-refractivity contribution in [1.82, 2.24) is 15.1 Å². The van der Waals surface area contributed by atoms with Crippen molar-refractivity contribution in [3.63, 3.8) is 0 Å². The molecule has 1 N–H and O–H groups in total. The van der Waals surface area contributed by atoms with Crippen LogP contribution >= 0.6 is 0 Å². The van der Waals surface area contributed by atoms with Gasteiger partial charge in [0.05, 0.1) is 0 Å². The van der Waals surface area contributed by atoms with Crippen LogP contribution in [0.25, 0.3) is 0 Å². The first kappa shape index (κ1) is 16.9. The minimum absolute atomic E-state index is 0.420. The molecule has 1 saturated heterocycles. The van der Waals surface area contributed by atoms with E-state index in [0.29, 0.717) is 5.41 Å². The van der Waals surface area contributed by atoms with Gasteiger partial charge in [-0.1, -0.05) is 34.6 Å². The molecule has 0 bridgehead atoms. The van der Waals surface area contributed by atoms with E-state index >= 15 is 0 Å². The van der Waals surface area contributed by atoms with E-state index in [4.69, 9.17) is 0 Å². The van der Waals surface area contributed by atoms with E-state index in [2.05, 4.69) is 49.7 Å². The minimum atomic E-state index is 0.420. The maximum atomic E-state index is 3.65. The quantitative estimate of drug-likeness (QED) is 0.729. The summed E-state index contributed by atoms with van der Waals surface area (Å²) < 4.78 is 0. The maximum absolute atomic E-state index is 3.65. The lowest BCUT2D eigenvalue weighted by molar-refractivity contribution is 0.0905. The molecule has 1 unspecified atom stereocenters. The zero-order valence-corrected chi connectivity index (χ0v) is 13.8. The van der Waals surface area contributed by atoms with Crippen molar-refractivity contribution in [2.45, 2.75) is 41.0 Å². The standard InChI is InChI=1S/C16H35N3/c1-6-16(5,13-17-12-15(3)4)14-19-10-8-18(7-2)9-11-19/h15,17H,6-14H2,1-5H3. The van der Waals surface area contributed by atoms with Gasteiger partial charge in [0, 0.05) is 39.3 Å². The lowest BCUT2D eigenvalue weighted by atomic mass is 9.86. The predicted octanol–water partition coefficient (Wildman–Crippen LogP) is 2.29. The number of piperazine rings is 1. The van der Waals surface area contributed by atoms with Crippen LogP contribution in [0.3, 0.4) is 0 Å². The monoisotopic (exact) mass is 269 g/mol. The molecule has 1 rings (SSSR count). The second kappa shape index (κ2) is 8.23.